The summed E-state index contributed by atoms with van der Waals surface area (Å²) in [6.07, 6.45) is 7.37. The number of hydrogen-bond donors (Lipinski definition) is 1. The first-order valence-corrected chi connectivity index (χ1v) is 7.35. The number of pyridine rings is 1. The molecule has 1 aliphatic heterocycles. The zero-order chi connectivity index (χ0) is 12.2. The van der Waals surface area contributed by atoms with Gasteiger partial charge in [0.25, 0.3) is 0 Å². The van der Waals surface area contributed by atoms with E-state index >= 15 is 0 Å². The van der Waals surface area contributed by atoms with Gasteiger partial charge in [0.1, 0.15) is 0 Å². The first kappa shape index (κ1) is 11.8. The van der Waals surface area contributed by atoms with Crippen LogP contribution in [0.2, 0.25) is 0 Å². The van der Waals surface area contributed by atoms with Gasteiger partial charge < -0.3 is 5.32 Å². The lowest BCUT2D eigenvalue weighted by Gasteiger charge is -2.21. The molecule has 0 aliphatic carbocycles. The molecule has 94 valence electrons. The fourth-order valence-corrected chi connectivity index (χ4v) is 3.30. The van der Waals surface area contributed by atoms with Crippen molar-refractivity contribution in [3.63, 3.8) is 0 Å². The molecule has 1 aliphatic rings. The highest BCUT2D eigenvalue weighted by Gasteiger charge is 2.15. The first-order chi connectivity index (χ1) is 8.92. The van der Waals surface area contributed by atoms with Gasteiger partial charge >= 0.3 is 0 Å². The van der Waals surface area contributed by atoms with Gasteiger partial charge in [-0.1, -0.05) is 0 Å². The highest BCUT2D eigenvalue weighted by molar-refractivity contribution is 7.09. The Balaban J connectivity index is 1.69. The molecule has 0 saturated carbocycles. The van der Waals surface area contributed by atoms with Crippen molar-refractivity contribution in [1.82, 2.24) is 15.3 Å². The molecular weight excluding hydrogens is 242 g/mol. The fraction of sp³-hybridized carbons (Fsp3) is 0.429. The molecule has 0 radical (unpaired) electrons. The van der Waals surface area contributed by atoms with Crippen LogP contribution in [0.25, 0.3) is 11.3 Å². The molecule has 1 N–H and O–H groups in total. The highest BCUT2D eigenvalue weighted by Crippen LogP contribution is 2.25. The molecule has 0 spiro atoms. The van der Waals surface area contributed by atoms with E-state index in [1.165, 1.54) is 17.8 Å². The molecule has 2 aromatic rings. The Morgan fingerprint density at radius 3 is 3.00 bits per heavy atom. The van der Waals surface area contributed by atoms with E-state index in [9.17, 15) is 0 Å². The second-order valence-corrected chi connectivity index (χ2v) is 5.71. The molecular formula is C14H17N3S. The van der Waals surface area contributed by atoms with Crippen LogP contribution >= 0.6 is 11.3 Å². The van der Waals surface area contributed by atoms with Crippen molar-refractivity contribution in [2.45, 2.75) is 19.3 Å². The molecule has 1 fully saturated rings. The maximum Gasteiger partial charge on any atom is 0.0935 e. The van der Waals surface area contributed by atoms with Crippen molar-refractivity contribution in [2.75, 3.05) is 13.1 Å². The molecule has 3 heterocycles. The smallest absolute Gasteiger partial charge is 0.0935 e. The Hall–Kier alpha value is -1.26. The van der Waals surface area contributed by atoms with E-state index in [1.54, 1.807) is 17.5 Å². The molecule has 0 aromatic carbocycles. The van der Waals surface area contributed by atoms with Crippen LogP contribution in [0.3, 0.4) is 0 Å². The summed E-state index contributed by atoms with van der Waals surface area (Å²) >= 11 is 1.78. The van der Waals surface area contributed by atoms with Crippen LogP contribution in [-0.4, -0.2) is 23.1 Å². The van der Waals surface area contributed by atoms with Crippen LogP contribution in [0.5, 0.6) is 0 Å². The number of rotatable bonds is 3. The molecule has 3 rings (SSSR count). The van der Waals surface area contributed by atoms with Crippen molar-refractivity contribution in [3.8, 4) is 11.3 Å². The third-order valence-electron chi connectivity index (χ3n) is 3.43. The number of hydrogen-bond acceptors (Lipinski definition) is 4. The molecule has 0 bridgehead atoms. The standard InChI is InChI=1S/C14H17N3S/c1-2-12(9-16-5-1)13-10-18-14(17-13)8-11-3-6-15-7-4-11/h1-2,5,9-11,15H,3-4,6-8H2. The van der Waals surface area contributed by atoms with Crippen molar-refractivity contribution in [3.05, 3.63) is 34.9 Å². The first-order valence-electron chi connectivity index (χ1n) is 6.47. The summed E-state index contributed by atoms with van der Waals surface area (Å²) in [5, 5.41) is 6.82. The zero-order valence-corrected chi connectivity index (χ0v) is 11.1. The lowest BCUT2D eigenvalue weighted by Crippen LogP contribution is -2.28. The van der Waals surface area contributed by atoms with Crippen LogP contribution in [0.4, 0.5) is 0 Å². The largest absolute Gasteiger partial charge is 0.317 e. The van der Waals surface area contributed by atoms with Crippen LogP contribution in [0.1, 0.15) is 17.8 Å². The predicted octanol–water partition coefficient (Wildman–Crippen LogP) is 2.75. The topological polar surface area (TPSA) is 37.8 Å². The summed E-state index contributed by atoms with van der Waals surface area (Å²) in [6.45, 7) is 2.32. The molecule has 4 heteroatoms. The molecule has 0 atom stereocenters. The lowest BCUT2D eigenvalue weighted by molar-refractivity contribution is 0.372. The van der Waals surface area contributed by atoms with E-state index in [1.807, 2.05) is 12.3 Å². The Morgan fingerprint density at radius 2 is 2.22 bits per heavy atom. The number of piperidine rings is 1. The summed E-state index contributed by atoms with van der Waals surface area (Å²) in [5.41, 5.74) is 2.18. The van der Waals surface area contributed by atoms with Crippen LogP contribution < -0.4 is 5.32 Å². The average Bonchev–Trinajstić information content (AvgIpc) is 2.89. The predicted molar refractivity (Wildman–Crippen MR) is 74.6 cm³/mol. The highest BCUT2D eigenvalue weighted by atomic mass is 32.1. The van der Waals surface area contributed by atoms with Gasteiger partial charge in [0.15, 0.2) is 0 Å². The summed E-state index contributed by atoms with van der Waals surface area (Å²) in [6, 6.07) is 4.03. The van der Waals surface area contributed by atoms with Gasteiger partial charge in [0.2, 0.25) is 0 Å². The minimum Gasteiger partial charge on any atom is -0.317 e. The van der Waals surface area contributed by atoms with E-state index < -0.39 is 0 Å². The molecule has 3 nitrogen and oxygen atoms in total. The van der Waals surface area contributed by atoms with Crippen LogP contribution in [0, 0.1) is 5.92 Å². The van der Waals surface area contributed by atoms with Gasteiger partial charge in [0, 0.05) is 29.8 Å². The van der Waals surface area contributed by atoms with E-state index in [2.05, 4.69) is 21.7 Å². The zero-order valence-electron chi connectivity index (χ0n) is 10.3. The van der Waals surface area contributed by atoms with E-state index in [4.69, 9.17) is 4.98 Å². The summed E-state index contributed by atoms with van der Waals surface area (Å²) < 4.78 is 0. The van der Waals surface area contributed by atoms with Gasteiger partial charge in [-0.05, 0) is 44.0 Å². The molecule has 18 heavy (non-hydrogen) atoms. The minimum atomic E-state index is 0.805. The van der Waals surface area contributed by atoms with Crippen molar-refractivity contribution in [1.29, 1.82) is 0 Å². The quantitative estimate of drug-likeness (QED) is 0.921. The van der Waals surface area contributed by atoms with Crippen LogP contribution in [-0.2, 0) is 6.42 Å². The van der Waals surface area contributed by atoms with Crippen molar-refractivity contribution < 1.29 is 0 Å². The number of nitrogens with one attached hydrogen (secondary N) is 1. The second kappa shape index (κ2) is 5.59. The molecule has 1 saturated heterocycles. The normalized spacial score (nSPS) is 16.9. The average molecular weight is 259 g/mol. The van der Waals surface area contributed by atoms with Crippen molar-refractivity contribution >= 4 is 11.3 Å². The maximum atomic E-state index is 4.73. The third-order valence-corrected chi connectivity index (χ3v) is 4.30. The van der Waals surface area contributed by atoms with E-state index in [0.717, 1.165) is 36.7 Å². The Bertz CT molecular complexity index is 489. The van der Waals surface area contributed by atoms with Gasteiger partial charge in [-0.15, -0.1) is 11.3 Å². The summed E-state index contributed by atoms with van der Waals surface area (Å²) in [5.74, 6) is 0.805. The second-order valence-electron chi connectivity index (χ2n) is 4.77. The van der Waals surface area contributed by atoms with Gasteiger partial charge in [-0.3, -0.25) is 4.98 Å². The number of nitrogens with zero attached hydrogens (tertiary/aromatic N) is 2. The van der Waals surface area contributed by atoms with Crippen LogP contribution in [0.15, 0.2) is 29.9 Å². The molecule has 0 unspecified atom stereocenters. The molecule has 2 aromatic heterocycles. The summed E-state index contributed by atoms with van der Waals surface area (Å²) in [7, 11) is 0. The number of thiazole rings is 1. The van der Waals surface area contributed by atoms with Gasteiger partial charge in [-0.25, -0.2) is 4.98 Å². The fourth-order valence-electron chi connectivity index (χ4n) is 2.38. The monoisotopic (exact) mass is 259 g/mol. The summed E-state index contributed by atoms with van der Waals surface area (Å²) in [4.78, 5) is 8.88. The third kappa shape index (κ3) is 2.76. The maximum absolute atomic E-state index is 4.73. The van der Waals surface area contributed by atoms with E-state index in [0.29, 0.717) is 0 Å². The van der Waals surface area contributed by atoms with Crippen molar-refractivity contribution in [2.24, 2.45) is 5.92 Å². The van der Waals surface area contributed by atoms with E-state index in [-0.39, 0.29) is 0 Å². The van der Waals surface area contributed by atoms with Gasteiger partial charge in [-0.2, -0.15) is 0 Å². The lowest BCUT2D eigenvalue weighted by atomic mass is 9.95. The molecule has 0 amide bonds. The Morgan fingerprint density at radius 1 is 1.33 bits per heavy atom. The minimum absolute atomic E-state index is 0.805. The van der Waals surface area contributed by atoms with Gasteiger partial charge in [0.05, 0.1) is 10.7 Å². The Kier molecular flexibility index (Phi) is 3.67. The number of aromatic nitrogens is 2. The SMILES string of the molecule is c1cncc(-c2csc(CC3CCNCC3)n2)c1. The Labute approximate surface area is 111 Å².